The molecular formula is C23H27N2O3+. The molecule has 1 amide bonds. The Morgan fingerprint density at radius 2 is 1.79 bits per heavy atom. The summed E-state index contributed by atoms with van der Waals surface area (Å²) in [4.78, 5) is 25.1. The summed E-state index contributed by atoms with van der Waals surface area (Å²) in [5.41, 5.74) is 3.00. The lowest BCUT2D eigenvalue weighted by Gasteiger charge is -2.23. The topological polar surface area (TPSA) is 70.8 Å². The van der Waals surface area contributed by atoms with Crippen molar-refractivity contribution in [3.05, 3.63) is 65.2 Å². The summed E-state index contributed by atoms with van der Waals surface area (Å²) in [6.45, 7) is 4.45. The van der Waals surface area contributed by atoms with E-state index in [0.717, 1.165) is 36.4 Å². The van der Waals surface area contributed by atoms with Gasteiger partial charge in [-0.3, -0.25) is 9.59 Å². The van der Waals surface area contributed by atoms with Gasteiger partial charge in [-0.1, -0.05) is 18.2 Å². The number of hydrogen-bond acceptors (Lipinski definition) is 3. The number of carbonyl (C=O) groups excluding carboxylic acids is 2. The first-order chi connectivity index (χ1) is 13.5. The predicted molar refractivity (Wildman–Crippen MR) is 110 cm³/mol. The molecule has 1 aliphatic heterocycles. The molecular weight excluding hydrogens is 352 g/mol. The second-order valence-corrected chi connectivity index (χ2v) is 7.33. The zero-order valence-corrected chi connectivity index (χ0v) is 16.2. The van der Waals surface area contributed by atoms with Crippen molar-refractivity contribution >= 4 is 23.5 Å². The number of phenols is 1. The average Bonchev–Trinajstić information content (AvgIpc) is 2.69. The zero-order valence-electron chi connectivity index (χ0n) is 16.2. The fourth-order valence-corrected chi connectivity index (χ4v) is 3.53. The summed E-state index contributed by atoms with van der Waals surface area (Å²) in [6, 6.07) is 12.4. The summed E-state index contributed by atoms with van der Waals surface area (Å²) >= 11 is 0. The highest BCUT2D eigenvalue weighted by molar-refractivity contribution is 6.07. The molecule has 0 saturated carbocycles. The molecule has 0 unspecified atom stereocenters. The maximum Gasteiger partial charge on any atom is 0.221 e. The number of phenolic OH excluding ortho intramolecular Hbond substituents is 1. The normalized spacial score (nSPS) is 14.9. The van der Waals surface area contributed by atoms with Crippen molar-refractivity contribution in [2.75, 3.05) is 18.4 Å². The maximum absolute atomic E-state index is 12.6. The highest BCUT2D eigenvalue weighted by Gasteiger charge is 2.17. The molecule has 1 heterocycles. The summed E-state index contributed by atoms with van der Waals surface area (Å²) in [6.07, 6.45) is 7.01. The Balaban J connectivity index is 1.67. The van der Waals surface area contributed by atoms with Crippen molar-refractivity contribution < 1.29 is 19.6 Å². The van der Waals surface area contributed by atoms with Gasteiger partial charge >= 0.3 is 0 Å². The van der Waals surface area contributed by atoms with E-state index in [-0.39, 0.29) is 17.4 Å². The molecule has 5 heteroatoms. The Hall–Kier alpha value is -2.92. The van der Waals surface area contributed by atoms with Crippen molar-refractivity contribution in [2.45, 2.75) is 32.7 Å². The van der Waals surface area contributed by atoms with Gasteiger partial charge in [-0.2, -0.15) is 0 Å². The van der Waals surface area contributed by atoms with Crippen LogP contribution in [-0.2, 0) is 11.3 Å². The molecule has 1 fully saturated rings. The van der Waals surface area contributed by atoms with Gasteiger partial charge in [0, 0.05) is 23.7 Å². The minimum Gasteiger partial charge on any atom is -0.507 e. The Kier molecular flexibility index (Phi) is 6.61. The summed E-state index contributed by atoms with van der Waals surface area (Å²) in [7, 11) is 0. The molecule has 1 saturated heterocycles. The number of amides is 1. The lowest BCUT2D eigenvalue weighted by atomic mass is 10.0. The molecule has 0 atom stereocenters. The third-order valence-corrected chi connectivity index (χ3v) is 5.02. The van der Waals surface area contributed by atoms with Crippen LogP contribution in [0.1, 0.15) is 47.7 Å². The van der Waals surface area contributed by atoms with Gasteiger partial charge in [0.15, 0.2) is 5.78 Å². The van der Waals surface area contributed by atoms with E-state index >= 15 is 0 Å². The van der Waals surface area contributed by atoms with E-state index in [0.29, 0.717) is 5.56 Å². The fourth-order valence-electron chi connectivity index (χ4n) is 3.53. The molecule has 0 aliphatic carbocycles. The fraction of sp³-hybridized carbons (Fsp3) is 0.304. The number of anilines is 1. The van der Waals surface area contributed by atoms with Gasteiger partial charge in [-0.15, -0.1) is 0 Å². The van der Waals surface area contributed by atoms with E-state index in [1.54, 1.807) is 30.3 Å². The SMILES string of the molecule is CC(=O)Nc1ccc(/C=C/C(=O)c2ccc(O)c(C[NH+]3CCCCC3)c2)cc1. The maximum atomic E-state index is 12.6. The molecule has 0 radical (unpaired) electrons. The van der Waals surface area contributed by atoms with Gasteiger partial charge in [0.1, 0.15) is 12.3 Å². The van der Waals surface area contributed by atoms with Gasteiger partial charge in [-0.05, 0) is 61.2 Å². The Bertz CT molecular complexity index is 866. The molecule has 1 aliphatic rings. The molecule has 0 spiro atoms. The lowest BCUT2D eigenvalue weighted by molar-refractivity contribution is -0.918. The molecule has 0 aromatic heterocycles. The van der Waals surface area contributed by atoms with Crippen molar-refractivity contribution in [3.8, 4) is 5.75 Å². The predicted octanol–water partition coefficient (Wildman–Crippen LogP) is 2.82. The van der Waals surface area contributed by atoms with Crippen LogP contribution >= 0.6 is 0 Å². The van der Waals surface area contributed by atoms with Gasteiger partial charge < -0.3 is 15.3 Å². The molecule has 3 N–H and O–H groups in total. The molecule has 2 aromatic carbocycles. The van der Waals surface area contributed by atoms with Gasteiger partial charge in [0.2, 0.25) is 5.91 Å². The number of allylic oxidation sites excluding steroid dienone is 1. The number of quaternary nitrogens is 1. The summed E-state index contributed by atoms with van der Waals surface area (Å²) in [5, 5.41) is 12.9. The highest BCUT2D eigenvalue weighted by atomic mass is 16.3. The number of piperidine rings is 1. The van der Waals surface area contributed by atoms with E-state index in [4.69, 9.17) is 0 Å². The van der Waals surface area contributed by atoms with Gasteiger partial charge in [0.05, 0.1) is 13.1 Å². The number of nitrogens with one attached hydrogen (secondary N) is 2. The number of hydrogen-bond donors (Lipinski definition) is 3. The highest BCUT2D eigenvalue weighted by Crippen LogP contribution is 2.19. The first kappa shape index (κ1) is 19.8. The van der Waals surface area contributed by atoms with Crippen LogP contribution in [0.5, 0.6) is 5.75 Å². The smallest absolute Gasteiger partial charge is 0.221 e. The van der Waals surface area contributed by atoms with Crippen LogP contribution in [0, 0.1) is 0 Å². The monoisotopic (exact) mass is 379 g/mol. The standard InChI is InChI=1S/C23H26N2O3/c1-17(26)24-21-9-5-18(6-10-21)7-11-22(27)19-8-12-23(28)20(15-19)16-25-13-3-2-4-14-25/h5-12,15,28H,2-4,13-14,16H2,1H3,(H,24,26)/p+1/b11-7+. The molecule has 5 nitrogen and oxygen atoms in total. The van der Waals surface area contributed by atoms with Crippen LogP contribution < -0.4 is 10.2 Å². The first-order valence-corrected chi connectivity index (χ1v) is 9.77. The number of aromatic hydroxyl groups is 1. The number of likely N-dealkylation sites (tertiary alicyclic amines) is 1. The Morgan fingerprint density at radius 1 is 1.07 bits per heavy atom. The molecule has 3 rings (SSSR count). The van der Waals surface area contributed by atoms with E-state index in [9.17, 15) is 14.7 Å². The molecule has 146 valence electrons. The van der Waals surface area contributed by atoms with Crippen LogP contribution in [0.15, 0.2) is 48.5 Å². The second-order valence-electron chi connectivity index (χ2n) is 7.33. The van der Waals surface area contributed by atoms with Crippen molar-refractivity contribution in [1.29, 1.82) is 0 Å². The lowest BCUT2D eigenvalue weighted by Crippen LogP contribution is -3.11. The van der Waals surface area contributed by atoms with Gasteiger partial charge in [-0.25, -0.2) is 0 Å². The summed E-state index contributed by atoms with van der Waals surface area (Å²) in [5.74, 6) is 0.0426. The second kappa shape index (κ2) is 9.33. The van der Waals surface area contributed by atoms with Crippen molar-refractivity contribution in [1.82, 2.24) is 0 Å². The van der Waals surface area contributed by atoms with Gasteiger partial charge in [0.25, 0.3) is 0 Å². The molecule has 0 bridgehead atoms. The number of benzene rings is 2. The number of rotatable bonds is 6. The first-order valence-electron chi connectivity index (χ1n) is 9.77. The van der Waals surface area contributed by atoms with Crippen LogP contribution in [0.4, 0.5) is 5.69 Å². The average molecular weight is 379 g/mol. The minimum atomic E-state index is -0.118. The minimum absolute atomic E-state index is 0.0965. The third kappa shape index (κ3) is 5.54. The van der Waals surface area contributed by atoms with E-state index < -0.39 is 0 Å². The third-order valence-electron chi connectivity index (χ3n) is 5.02. The number of ketones is 1. The van der Waals surface area contributed by atoms with Crippen LogP contribution in [0.2, 0.25) is 0 Å². The molecule has 28 heavy (non-hydrogen) atoms. The largest absolute Gasteiger partial charge is 0.507 e. The van der Waals surface area contributed by atoms with Crippen molar-refractivity contribution in [3.63, 3.8) is 0 Å². The zero-order chi connectivity index (χ0) is 19.9. The Morgan fingerprint density at radius 3 is 2.46 bits per heavy atom. The van der Waals surface area contributed by atoms with Crippen LogP contribution in [0.3, 0.4) is 0 Å². The Labute approximate surface area is 165 Å². The summed E-state index contributed by atoms with van der Waals surface area (Å²) < 4.78 is 0. The van der Waals surface area contributed by atoms with E-state index in [1.165, 1.54) is 37.2 Å². The van der Waals surface area contributed by atoms with Crippen LogP contribution in [-0.4, -0.2) is 29.9 Å². The van der Waals surface area contributed by atoms with E-state index in [2.05, 4.69) is 5.32 Å². The quantitative estimate of drug-likeness (QED) is 0.534. The van der Waals surface area contributed by atoms with Crippen LogP contribution in [0.25, 0.3) is 6.08 Å². The van der Waals surface area contributed by atoms with Crippen molar-refractivity contribution in [2.24, 2.45) is 0 Å². The molecule has 2 aromatic rings. The van der Waals surface area contributed by atoms with E-state index in [1.807, 2.05) is 18.2 Å². The number of carbonyl (C=O) groups is 2.